The minimum atomic E-state index is 0.245. The van der Waals surface area contributed by atoms with Crippen LogP contribution < -0.4 is 10.5 Å². The predicted octanol–water partition coefficient (Wildman–Crippen LogP) is 3.28. The monoisotopic (exact) mass is 265 g/mol. The molecule has 0 aliphatic carbocycles. The Morgan fingerprint density at radius 3 is 2.56 bits per heavy atom. The van der Waals surface area contributed by atoms with Crippen molar-refractivity contribution in [1.82, 2.24) is 9.78 Å². The molecule has 96 valence electrons. The van der Waals surface area contributed by atoms with Gasteiger partial charge in [0.25, 0.3) is 0 Å². The van der Waals surface area contributed by atoms with Crippen molar-refractivity contribution < 1.29 is 4.74 Å². The van der Waals surface area contributed by atoms with E-state index in [1.54, 1.807) is 16.8 Å². The highest BCUT2D eigenvalue weighted by Gasteiger charge is 2.08. The fourth-order valence-electron chi connectivity index (χ4n) is 1.63. The maximum atomic E-state index is 5.86. The number of nitrogen functional groups attached to an aromatic ring is 1. The molecule has 0 saturated carbocycles. The van der Waals surface area contributed by atoms with Crippen molar-refractivity contribution in [2.75, 3.05) is 5.73 Å². The number of ether oxygens (including phenoxy) is 1. The number of nitrogens with two attached hydrogens (primary N) is 1. The molecule has 0 spiro atoms. The van der Waals surface area contributed by atoms with Crippen LogP contribution in [0.2, 0.25) is 5.02 Å². The van der Waals surface area contributed by atoms with Crippen molar-refractivity contribution in [2.24, 2.45) is 0 Å². The highest BCUT2D eigenvalue weighted by Crippen LogP contribution is 2.18. The molecule has 18 heavy (non-hydrogen) atoms. The predicted molar refractivity (Wildman–Crippen MR) is 72.8 cm³/mol. The highest BCUT2D eigenvalue weighted by molar-refractivity contribution is 6.30. The maximum absolute atomic E-state index is 5.86. The molecule has 0 saturated heterocycles. The topological polar surface area (TPSA) is 53.1 Å². The molecule has 0 unspecified atom stereocenters. The fraction of sp³-hybridized carbons (Fsp3) is 0.308. The Morgan fingerprint density at radius 1 is 1.33 bits per heavy atom. The number of halogens is 1. The Kier molecular flexibility index (Phi) is 3.77. The van der Waals surface area contributed by atoms with Crippen LogP contribution in [0, 0.1) is 0 Å². The van der Waals surface area contributed by atoms with Gasteiger partial charge in [0.15, 0.2) is 0 Å². The lowest BCUT2D eigenvalue weighted by atomic mass is 10.3. The molecule has 1 aromatic heterocycles. The number of benzene rings is 1. The molecule has 2 N–H and O–H groups in total. The number of rotatable bonds is 4. The second-order valence-corrected chi connectivity index (χ2v) is 4.78. The van der Waals surface area contributed by atoms with Crippen LogP contribution in [0.25, 0.3) is 0 Å². The van der Waals surface area contributed by atoms with Crippen molar-refractivity contribution in [1.29, 1.82) is 0 Å². The van der Waals surface area contributed by atoms with Gasteiger partial charge in [0.2, 0.25) is 0 Å². The summed E-state index contributed by atoms with van der Waals surface area (Å²) in [5, 5.41) is 5.07. The van der Waals surface area contributed by atoms with E-state index < -0.39 is 0 Å². The van der Waals surface area contributed by atoms with Crippen LogP contribution >= 0.6 is 11.6 Å². The Labute approximate surface area is 111 Å². The molecule has 5 heteroatoms. The summed E-state index contributed by atoms with van der Waals surface area (Å²) in [4.78, 5) is 0. The van der Waals surface area contributed by atoms with E-state index >= 15 is 0 Å². The van der Waals surface area contributed by atoms with E-state index in [1.807, 2.05) is 32.0 Å². The zero-order valence-corrected chi connectivity index (χ0v) is 11.2. The molecule has 2 rings (SSSR count). The number of hydrogen-bond donors (Lipinski definition) is 1. The summed E-state index contributed by atoms with van der Waals surface area (Å²) < 4.78 is 7.38. The van der Waals surface area contributed by atoms with Gasteiger partial charge in [-0.2, -0.15) is 5.10 Å². The summed E-state index contributed by atoms with van der Waals surface area (Å²) in [6, 6.07) is 9.30. The standard InChI is InChI=1S/C13H16ClN3O/c1-9(2)17-13(15)7-11(16-17)8-18-12-5-3-10(14)4-6-12/h3-7,9H,8,15H2,1-2H3. The number of hydrogen-bond acceptors (Lipinski definition) is 3. The zero-order valence-electron chi connectivity index (χ0n) is 10.4. The lowest BCUT2D eigenvalue weighted by Crippen LogP contribution is -2.07. The minimum Gasteiger partial charge on any atom is -0.487 e. The quantitative estimate of drug-likeness (QED) is 0.923. The lowest BCUT2D eigenvalue weighted by molar-refractivity contribution is 0.299. The Morgan fingerprint density at radius 2 is 2.00 bits per heavy atom. The molecule has 0 atom stereocenters. The van der Waals surface area contributed by atoms with E-state index in [0.29, 0.717) is 17.4 Å². The summed E-state index contributed by atoms with van der Waals surface area (Å²) in [7, 11) is 0. The summed E-state index contributed by atoms with van der Waals surface area (Å²) in [5.74, 6) is 1.41. The van der Waals surface area contributed by atoms with Crippen LogP contribution in [0.1, 0.15) is 25.6 Å². The van der Waals surface area contributed by atoms with E-state index in [0.717, 1.165) is 11.4 Å². The minimum absolute atomic E-state index is 0.245. The van der Waals surface area contributed by atoms with Crippen LogP contribution in [-0.2, 0) is 6.61 Å². The van der Waals surface area contributed by atoms with Gasteiger partial charge in [0.1, 0.15) is 23.9 Å². The van der Waals surface area contributed by atoms with Crippen LogP contribution in [0.4, 0.5) is 5.82 Å². The van der Waals surface area contributed by atoms with Crippen molar-refractivity contribution in [3.63, 3.8) is 0 Å². The smallest absolute Gasteiger partial charge is 0.132 e. The zero-order chi connectivity index (χ0) is 13.1. The second-order valence-electron chi connectivity index (χ2n) is 4.34. The molecule has 0 amide bonds. The van der Waals surface area contributed by atoms with Gasteiger partial charge in [-0.05, 0) is 38.1 Å². The van der Waals surface area contributed by atoms with E-state index in [9.17, 15) is 0 Å². The number of nitrogens with zero attached hydrogens (tertiary/aromatic N) is 2. The van der Waals surface area contributed by atoms with E-state index in [-0.39, 0.29) is 6.04 Å². The van der Waals surface area contributed by atoms with Gasteiger partial charge in [-0.3, -0.25) is 0 Å². The first-order chi connectivity index (χ1) is 8.56. The molecule has 0 bridgehead atoms. The first kappa shape index (κ1) is 12.8. The van der Waals surface area contributed by atoms with Crippen molar-refractivity contribution in [2.45, 2.75) is 26.5 Å². The maximum Gasteiger partial charge on any atom is 0.132 e. The highest BCUT2D eigenvalue weighted by atomic mass is 35.5. The molecule has 0 fully saturated rings. The number of anilines is 1. The third-order valence-electron chi connectivity index (χ3n) is 2.50. The SMILES string of the molecule is CC(C)n1nc(COc2ccc(Cl)cc2)cc1N. The van der Waals surface area contributed by atoms with E-state index in [4.69, 9.17) is 22.1 Å². The van der Waals surface area contributed by atoms with E-state index in [2.05, 4.69) is 5.10 Å². The molecule has 1 aromatic carbocycles. The molecular weight excluding hydrogens is 250 g/mol. The average Bonchev–Trinajstić information content (AvgIpc) is 2.70. The van der Waals surface area contributed by atoms with Crippen LogP contribution in [0.5, 0.6) is 5.75 Å². The van der Waals surface area contributed by atoms with Gasteiger partial charge in [0, 0.05) is 17.1 Å². The third-order valence-corrected chi connectivity index (χ3v) is 2.76. The van der Waals surface area contributed by atoms with Gasteiger partial charge >= 0.3 is 0 Å². The normalized spacial score (nSPS) is 10.9. The Bertz CT molecular complexity index is 520. The first-order valence-electron chi connectivity index (χ1n) is 5.78. The van der Waals surface area contributed by atoms with Gasteiger partial charge in [0.05, 0.1) is 0 Å². The molecule has 0 aliphatic heterocycles. The van der Waals surface area contributed by atoms with Crippen molar-refractivity contribution in [3.05, 3.63) is 41.0 Å². The first-order valence-corrected chi connectivity index (χ1v) is 6.16. The molecule has 1 heterocycles. The Balaban J connectivity index is 2.02. The van der Waals surface area contributed by atoms with Crippen molar-refractivity contribution in [3.8, 4) is 5.75 Å². The lowest BCUT2D eigenvalue weighted by Gasteiger charge is -2.07. The largest absolute Gasteiger partial charge is 0.487 e. The summed E-state index contributed by atoms with van der Waals surface area (Å²) in [6.45, 7) is 4.46. The second kappa shape index (κ2) is 5.31. The van der Waals surface area contributed by atoms with Gasteiger partial charge in [-0.15, -0.1) is 0 Å². The van der Waals surface area contributed by atoms with Crippen LogP contribution in [0.15, 0.2) is 30.3 Å². The third kappa shape index (κ3) is 2.96. The summed E-state index contributed by atoms with van der Waals surface area (Å²) >= 11 is 5.80. The molecule has 0 radical (unpaired) electrons. The number of aromatic nitrogens is 2. The van der Waals surface area contributed by atoms with E-state index in [1.165, 1.54) is 0 Å². The fourth-order valence-corrected chi connectivity index (χ4v) is 1.76. The van der Waals surface area contributed by atoms with Gasteiger partial charge in [-0.25, -0.2) is 4.68 Å². The summed E-state index contributed by atoms with van der Waals surface area (Å²) in [5.41, 5.74) is 6.67. The molecule has 2 aromatic rings. The van der Waals surface area contributed by atoms with Crippen molar-refractivity contribution >= 4 is 17.4 Å². The summed E-state index contributed by atoms with van der Waals surface area (Å²) in [6.07, 6.45) is 0. The average molecular weight is 266 g/mol. The molecule has 4 nitrogen and oxygen atoms in total. The van der Waals surface area contributed by atoms with Gasteiger partial charge in [-0.1, -0.05) is 11.6 Å². The van der Waals surface area contributed by atoms with Crippen LogP contribution in [-0.4, -0.2) is 9.78 Å². The molecular formula is C13H16ClN3O. The van der Waals surface area contributed by atoms with Gasteiger partial charge < -0.3 is 10.5 Å². The molecule has 0 aliphatic rings. The Hall–Kier alpha value is -1.68. The van der Waals surface area contributed by atoms with Crippen LogP contribution in [0.3, 0.4) is 0 Å².